The number of rotatable bonds is 24. The molecule has 0 saturated heterocycles. The first-order valence-corrected chi connectivity index (χ1v) is 45.6. The molecule has 4 amide bonds. The number of nitrogens with zero attached hydrogens (tertiary/aromatic N) is 18. The van der Waals surface area contributed by atoms with Crippen LogP contribution in [0.4, 0.5) is 69.3 Å². The Morgan fingerprint density at radius 2 is 0.593 bits per heavy atom. The molecule has 0 atom stereocenters. The highest BCUT2D eigenvalue weighted by atomic mass is 16.2. The predicted octanol–water partition coefficient (Wildman–Crippen LogP) is 24.4. The zero-order valence-corrected chi connectivity index (χ0v) is 80.0. The van der Waals surface area contributed by atoms with Gasteiger partial charge in [-0.15, -0.1) is 0 Å². The van der Waals surface area contributed by atoms with Crippen LogP contribution < -0.4 is 42.5 Å². The van der Waals surface area contributed by atoms with E-state index >= 15 is 0 Å². The summed E-state index contributed by atoms with van der Waals surface area (Å²) in [6.45, 7) is 14.5. The Hall–Kier alpha value is -19.3. The zero-order chi connectivity index (χ0) is 107. The summed E-state index contributed by atoms with van der Waals surface area (Å²) in [4.78, 5) is 113. The summed E-state index contributed by atoms with van der Waals surface area (Å²) >= 11 is 0. The molecule has 0 spiro atoms. The van der Waals surface area contributed by atoms with Crippen LogP contribution >= 0.6 is 0 Å². The number of hydrogen-bond donors (Lipinski definition) is 8. The number of carbonyl (C=O) groups is 4. The molecule has 0 unspecified atom stereocenters. The third kappa shape index (κ3) is 26.0. The normalized spacial score (nSPS) is 11.7. The van der Waals surface area contributed by atoms with Crippen LogP contribution in [0, 0.1) is 82.9 Å². The molecule has 8 N–H and O–H groups in total. The largest absolute Gasteiger partial charge is 0.324 e. The fourth-order valence-electron chi connectivity index (χ4n) is 15.3. The number of anilines is 12. The third-order valence-electron chi connectivity index (χ3n) is 22.4. The number of aromatic nitrogens is 18. The minimum atomic E-state index is -2.42. The van der Waals surface area contributed by atoms with Gasteiger partial charge in [0.25, 0.3) is 23.6 Å². The summed E-state index contributed by atoms with van der Waals surface area (Å²) in [5, 5.41) is 24.3. The van der Waals surface area contributed by atoms with Gasteiger partial charge in [-0.2, -0.15) is 0 Å². The van der Waals surface area contributed by atoms with E-state index in [0.29, 0.717) is 68.5 Å². The van der Waals surface area contributed by atoms with Gasteiger partial charge in [-0.05, 0) is 345 Å². The van der Waals surface area contributed by atoms with E-state index in [1.54, 1.807) is 159 Å². The van der Waals surface area contributed by atoms with E-state index in [9.17, 15) is 19.2 Å². The standard InChI is InChI=1S/2C29H26N6O.2C28H25N7O.CH4/c2*1-19-9-12-35(18-19)25-14-20(2)13-24(16-25)32-28(36)22-7-6-21(3)27(15-22)34-29-31-11-8-26(33-29)23-5-4-10-30-17-23;2*1-18-11-23(14-24(12-18)35-16-20(3)31-17-35)32-27(36)21-7-6-19(2)26(13-21)34-28-30-10-8-25(33-28)22-5-4-9-29-15-22;/h2*4-18H,1-3H3,(H,32,36)(H,31,33,34);2*4-17H,1-3H3,(H,32,36)(H,30,33,34);1H4/i12D,18D;3D3;2D3;;. The van der Waals surface area contributed by atoms with Gasteiger partial charge in [-0.1, -0.05) is 31.7 Å². The Labute approximate surface area is 851 Å². The van der Waals surface area contributed by atoms with Gasteiger partial charge in [-0.3, -0.25) is 39.1 Å². The molecule has 30 nitrogen and oxygen atoms in total. The topological polar surface area (TPSA) is 365 Å². The summed E-state index contributed by atoms with van der Waals surface area (Å²) in [6, 6.07) is 68.4. The zero-order valence-electron chi connectivity index (χ0n) is 88.0. The Kier molecular flexibility index (Phi) is 27.8. The number of aryl methyl sites for hydroxylation is 12. The lowest BCUT2D eigenvalue weighted by Gasteiger charge is -2.13. The van der Waals surface area contributed by atoms with Crippen LogP contribution in [0.3, 0.4) is 0 Å². The van der Waals surface area contributed by atoms with Crippen LogP contribution in [0.2, 0.25) is 0 Å². The molecule has 145 heavy (non-hydrogen) atoms. The monoisotopic (exact) mass is 1920 g/mol. The summed E-state index contributed by atoms with van der Waals surface area (Å²) in [7, 11) is 0. The molecular weight excluding hydrogens is 1810 g/mol. The van der Waals surface area contributed by atoms with E-state index in [-0.39, 0.29) is 83.0 Å². The maximum absolute atomic E-state index is 13.3. The van der Waals surface area contributed by atoms with Crippen molar-refractivity contribution in [2.45, 2.75) is 90.4 Å². The van der Waals surface area contributed by atoms with Crippen molar-refractivity contribution in [2.24, 2.45) is 0 Å². The second kappa shape index (κ2) is 45.6. The highest BCUT2D eigenvalue weighted by Gasteiger charge is 2.20. The summed E-state index contributed by atoms with van der Waals surface area (Å²) in [6.07, 6.45) is 31.9. The molecule has 0 radical (unpaired) electrons. The van der Waals surface area contributed by atoms with Crippen LogP contribution in [0.25, 0.3) is 67.8 Å². The van der Waals surface area contributed by atoms with E-state index < -0.39 is 19.6 Å². The number of imidazole rings is 2. The van der Waals surface area contributed by atoms with Crippen molar-refractivity contribution in [3.63, 3.8) is 0 Å². The molecule has 0 saturated carbocycles. The molecule has 0 aliphatic heterocycles. The third-order valence-corrected chi connectivity index (χ3v) is 22.4. The quantitative estimate of drug-likeness (QED) is 0.0278. The first-order valence-electron chi connectivity index (χ1n) is 49.6. The van der Waals surface area contributed by atoms with E-state index in [1.165, 1.54) is 36.4 Å². The highest BCUT2D eigenvalue weighted by molar-refractivity contribution is 6.08. The van der Waals surface area contributed by atoms with Crippen molar-refractivity contribution in [3.8, 4) is 67.8 Å². The average Bonchev–Trinajstić information content (AvgIpc) is 1.78. The lowest BCUT2D eigenvalue weighted by atomic mass is 10.1. The molecule has 720 valence electrons. The minimum Gasteiger partial charge on any atom is -0.324 e. The lowest BCUT2D eigenvalue weighted by molar-refractivity contribution is 0.101. The number of hydrogen-bond acceptors (Lipinski definition) is 22. The van der Waals surface area contributed by atoms with Crippen LogP contribution in [-0.2, 0) is 0 Å². The van der Waals surface area contributed by atoms with Gasteiger partial charge in [0.15, 0.2) is 0 Å². The van der Waals surface area contributed by atoms with Crippen LogP contribution in [0.1, 0.15) is 127 Å². The van der Waals surface area contributed by atoms with E-state index in [0.717, 1.165) is 112 Å². The molecular formula is C115H106N26O4. The van der Waals surface area contributed by atoms with Crippen molar-refractivity contribution in [1.82, 2.24) is 88.0 Å². The van der Waals surface area contributed by atoms with Gasteiger partial charge in [0, 0.05) is 232 Å². The van der Waals surface area contributed by atoms with Crippen LogP contribution in [0.5, 0.6) is 0 Å². The summed E-state index contributed by atoms with van der Waals surface area (Å²) in [5.41, 5.74) is 25.0. The predicted molar refractivity (Wildman–Crippen MR) is 574 cm³/mol. The fourth-order valence-corrected chi connectivity index (χ4v) is 15.3. The maximum atomic E-state index is 13.3. The Morgan fingerprint density at radius 3 is 0.862 bits per heavy atom. The SMILES string of the molecule is C.Cc1cc(NC(=O)c2ccc(C)c(Nc3nccc(-c4cccnc4)n3)c2)cc(-n2cnc(C)c2)c1.[2H]C([2H])([2H])c1ccc(C(=O)Nc2cc(C)cc(-n3ccc(C)c3)c2)cc1Nc1nccc(-c2cccnc2)n1.[2H]C([2H])([2H])c1ccc(C(=O)Nc2cc(C)cc(-n3cnc(C)c3)c2)cc1Nc1nccc(-c2cccnc2)n1.[2H]c1cc(C)c([2H])n1-c1cc(C)cc(NC(=O)c2ccc(C)c(Nc3nccc(-c4cccnc4)n3)c2)c1. The average molecular weight is 1920 g/mol. The Bertz CT molecular complexity index is 8190. The molecule has 0 aliphatic carbocycles. The van der Waals surface area contributed by atoms with Crippen molar-refractivity contribution in [1.29, 1.82) is 0 Å². The van der Waals surface area contributed by atoms with Crippen molar-refractivity contribution in [2.75, 3.05) is 42.5 Å². The number of amides is 4. The van der Waals surface area contributed by atoms with E-state index in [4.69, 9.17) is 11.0 Å². The molecule has 20 aromatic rings. The Morgan fingerprint density at radius 1 is 0.290 bits per heavy atom. The second-order valence-corrected chi connectivity index (χ2v) is 34.0. The number of nitrogens with one attached hydrogen (secondary N) is 8. The smallest absolute Gasteiger partial charge is 0.255 e. The molecule has 0 fully saturated rings. The molecule has 20 rings (SSSR count). The maximum Gasteiger partial charge on any atom is 0.255 e. The molecule has 0 bridgehead atoms. The van der Waals surface area contributed by atoms with Gasteiger partial charge < -0.3 is 60.8 Å². The molecule has 8 aromatic carbocycles. The molecule has 12 aromatic heterocycles. The van der Waals surface area contributed by atoms with E-state index in [2.05, 4.69) is 112 Å². The van der Waals surface area contributed by atoms with Crippen molar-refractivity contribution >= 4 is 92.9 Å². The van der Waals surface area contributed by atoms with Gasteiger partial charge in [0.1, 0.15) is 0 Å². The van der Waals surface area contributed by atoms with Gasteiger partial charge >= 0.3 is 0 Å². The minimum absolute atomic E-state index is 0. The van der Waals surface area contributed by atoms with Crippen molar-refractivity contribution < 1.29 is 30.1 Å². The van der Waals surface area contributed by atoms with Crippen LogP contribution in [-0.4, -0.2) is 112 Å². The first kappa shape index (κ1) is 88.4. The lowest BCUT2D eigenvalue weighted by Crippen LogP contribution is -2.13. The number of pyridine rings is 4. The van der Waals surface area contributed by atoms with Crippen molar-refractivity contribution in [3.05, 3.63) is 444 Å². The first-order chi connectivity index (χ1) is 73.0. The Balaban J connectivity index is 0.000000144. The highest BCUT2D eigenvalue weighted by Crippen LogP contribution is 2.33. The number of benzene rings is 8. The van der Waals surface area contributed by atoms with E-state index in [1.807, 2.05) is 234 Å². The van der Waals surface area contributed by atoms with Crippen LogP contribution in [0.15, 0.2) is 355 Å². The van der Waals surface area contributed by atoms with Gasteiger partial charge in [0.2, 0.25) is 23.8 Å². The van der Waals surface area contributed by atoms with Gasteiger partial charge in [-0.25, -0.2) is 49.8 Å². The molecule has 0 aliphatic rings. The second-order valence-electron chi connectivity index (χ2n) is 34.0. The fraction of sp³-hybridized carbons (Fsp3) is 0.113. The molecule has 12 heterocycles. The number of carbonyl (C=O) groups excluding carboxylic acids is 4. The van der Waals surface area contributed by atoms with Gasteiger partial charge in [0.05, 0.1) is 49.6 Å². The molecule has 30 heteroatoms. The summed E-state index contributed by atoms with van der Waals surface area (Å²) < 4.78 is 71.8. The summed E-state index contributed by atoms with van der Waals surface area (Å²) in [5.74, 6) is -0.00952.